The van der Waals surface area contributed by atoms with Gasteiger partial charge in [0.25, 0.3) is 0 Å². The summed E-state index contributed by atoms with van der Waals surface area (Å²) in [4.78, 5) is 25.9. The minimum atomic E-state index is -0.921. The van der Waals surface area contributed by atoms with Crippen molar-refractivity contribution in [2.45, 2.75) is 19.9 Å². The number of nitrogens with zero attached hydrogens (tertiary/aromatic N) is 2. The van der Waals surface area contributed by atoms with Gasteiger partial charge in [-0.15, -0.1) is 0 Å². The Morgan fingerprint density at radius 1 is 1.60 bits per heavy atom. The standard InChI is InChI=1S/C10H18N2O3/c1-7(2)4-12-8(10(14)15)5-11(3)6-9(12)13/h7-8H,4-6H2,1-3H3,(H,14,15). The van der Waals surface area contributed by atoms with Crippen molar-refractivity contribution in [3.05, 3.63) is 0 Å². The second kappa shape index (κ2) is 4.61. The zero-order chi connectivity index (χ0) is 11.6. The highest BCUT2D eigenvalue weighted by Crippen LogP contribution is 2.12. The molecule has 5 nitrogen and oxygen atoms in total. The third kappa shape index (κ3) is 2.92. The van der Waals surface area contributed by atoms with Crippen LogP contribution in [-0.2, 0) is 9.59 Å². The predicted molar refractivity (Wildman–Crippen MR) is 55.5 cm³/mol. The van der Waals surface area contributed by atoms with E-state index in [4.69, 9.17) is 5.11 Å². The molecule has 1 rings (SSSR count). The smallest absolute Gasteiger partial charge is 0.327 e. The Kier molecular flexibility index (Phi) is 3.68. The largest absolute Gasteiger partial charge is 0.480 e. The number of aliphatic carboxylic acids is 1. The van der Waals surface area contributed by atoms with Gasteiger partial charge in [-0.2, -0.15) is 0 Å². The summed E-state index contributed by atoms with van der Waals surface area (Å²) < 4.78 is 0. The number of hydrogen-bond donors (Lipinski definition) is 1. The Bertz CT molecular complexity index is 265. The van der Waals surface area contributed by atoms with E-state index in [1.54, 1.807) is 11.9 Å². The normalized spacial score (nSPS) is 23.6. The van der Waals surface area contributed by atoms with Crippen LogP contribution in [0, 0.1) is 5.92 Å². The van der Waals surface area contributed by atoms with Crippen LogP contribution in [0.1, 0.15) is 13.8 Å². The van der Waals surface area contributed by atoms with Crippen molar-refractivity contribution >= 4 is 11.9 Å². The SMILES string of the molecule is CC(C)CN1C(=O)CN(C)CC1C(=O)O. The van der Waals surface area contributed by atoms with Crippen molar-refractivity contribution in [2.75, 3.05) is 26.7 Å². The van der Waals surface area contributed by atoms with Gasteiger partial charge in [-0.1, -0.05) is 13.8 Å². The van der Waals surface area contributed by atoms with E-state index in [-0.39, 0.29) is 5.91 Å². The van der Waals surface area contributed by atoms with Crippen LogP contribution < -0.4 is 0 Å². The van der Waals surface area contributed by atoms with Gasteiger partial charge in [0.05, 0.1) is 6.54 Å². The van der Waals surface area contributed by atoms with Gasteiger partial charge in [-0.25, -0.2) is 4.79 Å². The molecule has 0 saturated carbocycles. The lowest BCUT2D eigenvalue weighted by atomic mass is 10.1. The molecule has 5 heteroatoms. The molecule has 0 bridgehead atoms. The minimum absolute atomic E-state index is 0.0927. The van der Waals surface area contributed by atoms with Crippen LogP contribution in [-0.4, -0.2) is 59.5 Å². The third-order valence-corrected chi connectivity index (χ3v) is 2.43. The molecule has 0 spiro atoms. The van der Waals surface area contributed by atoms with Crippen molar-refractivity contribution in [1.29, 1.82) is 0 Å². The second-order valence-corrected chi connectivity index (χ2v) is 4.49. The lowest BCUT2D eigenvalue weighted by Crippen LogP contribution is -2.59. The number of rotatable bonds is 3. The van der Waals surface area contributed by atoms with Gasteiger partial charge in [-0.3, -0.25) is 9.69 Å². The number of hydrogen-bond acceptors (Lipinski definition) is 3. The van der Waals surface area contributed by atoms with E-state index in [0.717, 1.165) is 0 Å². The Labute approximate surface area is 89.7 Å². The quantitative estimate of drug-likeness (QED) is 0.711. The van der Waals surface area contributed by atoms with E-state index in [1.165, 1.54) is 4.90 Å². The summed E-state index contributed by atoms with van der Waals surface area (Å²) in [6, 6.07) is -0.696. The minimum Gasteiger partial charge on any atom is -0.480 e. The maximum Gasteiger partial charge on any atom is 0.327 e. The molecule has 0 aromatic heterocycles. The molecule has 0 aromatic rings. The third-order valence-electron chi connectivity index (χ3n) is 2.43. The van der Waals surface area contributed by atoms with Crippen molar-refractivity contribution < 1.29 is 14.7 Å². The molecule has 15 heavy (non-hydrogen) atoms. The molecule has 1 heterocycles. The fourth-order valence-electron chi connectivity index (χ4n) is 1.79. The first-order valence-electron chi connectivity index (χ1n) is 5.12. The Balaban J connectivity index is 2.78. The molecule has 0 aliphatic carbocycles. The first-order valence-corrected chi connectivity index (χ1v) is 5.12. The highest BCUT2D eigenvalue weighted by Gasteiger charge is 2.35. The summed E-state index contributed by atoms with van der Waals surface area (Å²) in [6.45, 7) is 5.20. The number of carboxylic acids is 1. The molecule has 1 unspecified atom stereocenters. The van der Waals surface area contributed by atoms with E-state index in [1.807, 2.05) is 13.8 Å². The van der Waals surface area contributed by atoms with Gasteiger partial charge >= 0.3 is 5.97 Å². The summed E-state index contributed by atoms with van der Waals surface area (Å²) in [7, 11) is 1.76. The number of carbonyl (C=O) groups excluding carboxylic acids is 1. The average molecular weight is 214 g/mol. The van der Waals surface area contributed by atoms with Gasteiger partial charge in [0.1, 0.15) is 6.04 Å². The summed E-state index contributed by atoms with van der Waals surface area (Å²) in [5, 5.41) is 9.04. The summed E-state index contributed by atoms with van der Waals surface area (Å²) in [5.41, 5.74) is 0. The van der Waals surface area contributed by atoms with Crippen LogP contribution >= 0.6 is 0 Å². The van der Waals surface area contributed by atoms with E-state index in [9.17, 15) is 9.59 Å². The van der Waals surface area contributed by atoms with Gasteiger partial charge in [-0.05, 0) is 13.0 Å². The number of carboxylic acid groups (broad SMARTS) is 1. The Morgan fingerprint density at radius 2 is 2.20 bits per heavy atom. The molecule has 1 fully saturated rings. The lowest BCUT2D eigenvalue weighted by Gasteiger charge is -2.38. The molecule has 1 aliphatic rings. The van der Waals surface area contributed by atoms with Gasteiger partial charge in [0, 0.05) is 13.1 Å². The summed E-state index contributed by atoms with van der Waals surface area (Å²) >= 11 is 0. The molecule has 1 saturated heterocycles. The van der Waals surface area contributed by atoms with Crippen molar-refractivity contribution in [3.63, 3.8) is 0 Å². The molecular weight excluding hydrogens is 196 g/mol. The molecule has 1 aliphatic heterocycles. The van der Waals surface area contributed by atoms with Gasteiger partial charge in [0.2, 0.25) is 5.91 Å². The fourth-order valence-corrected chi connectivity index (χ4v) is 1.79. The van der Waals surface area contributed by atoms with E-state index in [2.05, 4.69) is 0 Å². The molecule has 0 aromatic carbocycles. The zero-order valence-corrected chi connectivity index (χ0v) is 9.43. The van der Waals surface area contributed by atoms with E-state index in [0.29, 0.717) is 25.6 Å². The number of piperazine rings is 1. The number of carbonyl (C=O) groups is 2. The van der Waals surface area contributed by atoms with E-state index >= 15 is 0 Å². The Morgan fingerprint density at radius 3 is 2.67 bits per heavy atom. The van der Waals surface area contributed by atoms with Crippen LogP contribution in [0.3, 0.4) is 0 Å². The average Bonchev–Trinajstić information content (AvgIpc) is 2.08. The fraction of sp³-hybridized carbons (Fsp3) is 0.800. The molecular formula is C10H18N2O3. The summed E-state index contributed by atoms with van der Waals surface area (Å²) in [6.07, 6.45) is 0. The predicted octanol–water partition coefficient (Wildman–Crippen LogP) is -0.130. The van der Waals surface area contributed by atoms with Crippen LogP contribution in [0.15, 0.2) is 0 Å². The molecule has 86 valence electrons. The van der Waals surface area contributed by atoms with E-state index < -0.39 is 12.0 Å². The van der Waals surface area contributed by atoms with Crippen LogP contribution in [0.25, 0.3) is 0 Å². The van der Waals surface area contributed by atoms with Crippen molar-refractivity contribution in [2.24, 2.45) is 5.92 Å². The first kappa shape index (κ1) is 12.0. The molecule has 1 N–H and O–H groups in total. The maximum atomic E-state index is 11.7. The van der Waals surface area contributed by atoms with Crippen molar-refractivity contribution in [3.8, 4) is 0 Å². The molecule has 1 amide bonds. The molecule has 0 radical (unpaired) electrons. The highest BCUT2D eigenvalue weighted by molar-refractivity contribution is 5.86. The zero-order valence-electron chi connectivity index (χ0n) is 9.43. The highest BCUT2D eigenvalue weighted by atomic mass is 16.4. The monoisotopic (exact) mass is 214 g/mol. The van der Waals surface area contributed by atoms with Crippen LogP contribution in [0.4, 0.5) is 0 Å². The molecule has 1 atom stereocenters. The maximum absolute atomic E-state index is 11.7. The van der Waals surface area contributed by atoms with Gasteiger partial charge in [0.15, 0.2) is 0 Å². The Hall–Kier alpha value is -1.10. The number of amides is 1. The lowest BCUT2D eigenvalue weighted by molar-refractivity contribution is -0.155. The summed E-state index contributed by atoms with van der Waals surface area (Å²) in [5.74, 6) is -0.723. The van der Waals surface area contributed by atoms with Crippen LogP contribution in [0.2, 0.25) is 0 Å². The first-order chi connectivity index (χ1) is 6.91. The van der Waals surface area contributed by atoms with Crippen LogP contribution in [0.5, 0.6) is 0 Å². The van der Waals surface area contributed by atoms with Gasteiger partial charge < -0.3 is 10.0 Å². The topological polar surface area (TPSA) is 60.9 Å². The number of likely N-dealkylation sites (N-methyl/N-ethyl adjacent to an activating group) is 1. The van der Waals surface area contributed by atoms with Crippen molar-refractivity contribution in [1.82, 2.24) is 9.80 Å². The second-order valence-electron chi connectivity index (χ2n) is 4.49.